The van der Waals surface area contributed by atoms with Crippen LogP contribution in [0.15, 0.2) is 59.7 Å². The zero-order valence-corrected chi connectivity index (χ0v) is 15.9. The zero-order chi connectivity index (χ0) is 18.9. The van der Waals surface area contributed by atoms with Gasteiger partial charge < -0.3 is 10.1 Å². The van der Waals surface area contributed by atoms with Gasteiger partial charge in [-0.1, -0.05) is 37.5 Å². The summed E-state index contributed by atoms with van der Waals surface area (Å²) in [5, 5.41) is 8.01. The lowest BCUT2D eigenvalue weighted by molar-refractivity contribution is 0.0735. The van der Waals surface area contributed by atoms with E-state index in [2.05, 4.69) is 15.8 Å². The first-order valence-electron chi connectivity index (χ1n) is 9.17. The van der Waals surface area contributed by atoms with E-state index in [9.17, 15) is 4.79 Å². The van der Waals surface area contributed by atoms with Crippen LogP contribution in [0.3, 0.4) is 0 Å². The number of carbonyl (C=O) groups excluding carboxylic acids is 1. The van der Waals surface area contributed by atoms with Gasteiger partial charge >= 0.3 is 5.97 Å². The van der Waals surface area contributed by atoms with Gasteiger partial charge in [0.25, 0.3) is 0 Å². The maximum absolute atomic E-state index is 12.0. The smallest absolute Gasteiger partial charge is 0.343 e. The molecule has 0 amide bonds. The van der Waals surface area contributed by atoms with Gasteiger partial charge in [-0.25, -0.2) is 4.79 Å². The third-order valence-corrected chi connectivity index (χ3v) is 4.63. The van der Waals surface area contributed by atoms with Crippen molar-refractivity contribution in [1.82, 2.24) is 10.7 Å². The number of hydrazone groups is 1. The average molecular weight is 382 g/mol. The van der Waals surface area contributed by atoms with Crippen molar-refractivity contribution < 1.29 is 9.53 Å². The fraction of sp³-hybridized carbons (Fsp3) is 0.286. The molecule has 0 radical (unpaired) electrons. The third kappa shape index (κ3) is 6.18. The van der Waals surface area contributed by atoms with E-state index in [4.69, 9.17) is 17.0 Å². The van der Waals surface area contributed by atoms with Crippen LogP contribution in [0.2, 0.25) is 0 Å². The summed E-state index contributed by atoms with van der Waals surface area (Å²) in [6.07, 6.45) is 7.82. The molecule has 27 heavy (non-hydrogen) atoms. The number of thiocarbonyl (C=S) groups is 1. The Balaban J connectivity index is 1.46. The highest BCUT2D eigenvalue weighted by atomic mass is 32.1. The molecule has 0 spiro atoms. The van der Waals surface area contributed by atoms with Crippen molar-refractivity contribution in [3.8, 4) is 5.75 Å². The van der Waals surface area contributed by atoms with E-state index in [0.29, 0.717) is 22.5 Å². The molecule has 140 valence electrons. The Morgan fingerprint density at radius 2 is 1.74 bits per heavy atom. The number of ether oxygens (including phenoxy) is 1. The molecule has 1 aliphatic carbocycles. The number of hydrogen-bond donors (Lipinski definition) is 2. The second-order valence-corrected chi connectivity index (χ2v) is 6.91. The summed E-state index contributed by atoms with van der Waals surface area (Å²) in [6, 6.07) is 16.5. The van der Waals surface area contributed by atoms with Gasteiger partial charge in [0.1, 0.15) is 5.75 Å². The summed E-state index contributed by atoms with van der Waals surface area (Å²) in [5.41, 5.74) is 4.25. The van der Waals surface area contributed by atoms with Crippen LogP contribution >= 0.6 is 12.2 Å². The van der Waals surface area contributed by atoms with Crippen LogP contribution in [0.25, 0.3) is 0 Å². The summed E-state index contributed by atoms with van der Waals surface area (Å²) in [4.78, 5) is 12.0. The monoisotopic (exact) mass is 381 g/mol. The molecule has 2 aromatic carbocycles. The lowest BCUT2D eigenvalue weighted by Crippen LogP contribution is -2.40. The topological polar surface area (TPSA) is 62.7 Å². The Kier molecular flexibility index (Phi) is 6.93. The highest BCUT2D eigenvalue weighted by Gasteiger charge is 2.13. The Morgan fingerprint density at radius 3 is 2.44 bits per heavy atom. The van der Waals surface area contributed by atoms with E-state index in [1.807, 2.05) is 18.2 Å². The van der Waals surface area contributed by atoms with Crippen LogP contribution < -0.4 is 15.5 Å². The quantitative estimate of drug-likeness (QED) is 0.269. The lowest BCUT2D eigenvalue weighted by atomic mass is 9.96. The molecule has 0 unspecified atom stereocenters. The van der Waals surface area contributed by atoms with Gasteiger partial charge in [-0.05, 0) is 67.0 Å². The maximum Gasteiger partial charge on any atom is 0.343 e. The largest absolute Gasteiger partial charge is 0.423 e. The highest BCUT2D eigenvalue weighted by Crippen LogP contribution is 2.17. The molecule has 0 saturated heterocycles. The highest BCUT2D eigenvalue weighted by molar-refractivity contribution is 7.80. The van der Waals surface area contributed by atoms with Crippen LogP contribution in [0.1, 0.15) is 48.0 Å². The zero-order valence-electron chi connectivity index (χ0n) is 15.1. The maximum atomic E-state index is 12.0. The van der Waals surface area contributed by atoms with Crippen LogP contribution in [-0.4, -0.2) is 23.3 Å². The van der Waals surface area contributed by atoms with Crippen molar-refractivity contribution in [3.05, 3.63) is 65.7 Å². The van der Waals surface area contributed by atoms with Gasteiger partial charge in [0, 0.05) is 6.04 Å². The Morgan fingerprint density at radius 1 is 1.04 bits per heavy atom. The van der Waals surface area contributed by atoms with E-state index in [1.165, 1.54) is 19.3 Å². The molecule has 0 atom stereocenters. The number of hydrogen-bond acceptors (Lipinski definition) is 4. The molecule has 6 heteroatoms. The van der Waals surface area contributed by atoms with E-state index >= 15 is 0 Å². The molecular formula is C21H23N3O2S. The Labute approximate surface area is 164 Å². The minimum absolute atomic E-state index is 0.377. The predicted molar refractivity (Wildman–Crippen MR) is 111 cm³/mol. The van der Waals surface area contributed by atoms with Gasteiger partial charge in [0.05, 0.1) is 11.8 Å². The molecule has 1 aliphatic rings. The van der Waals surface area contributed by atoms with Crippen molar-refractivity contribution in [2.75, 3.05) is 0 Å². The van der Waals surface area contributed by atoms with Crippen LogP contribution in [0.4, 0.5) is 0 Å². The second kappa shape index (κ2) is 9.83. The first kappa shape index (κ1) is 19.0. The summed E-state index contributed by atoms with van der Waals surface area (Å²) in [7, 11) is 0. The van der Waals surface area contributed by atoms with Crippen LogP contribution in [-0.2, 0) is 0 Å². The second-order valence-electron chi connectivity index (χ2n) is 6.50. The molecule has 0 bridgehead atoms. The predicted octanol–water partition coefficient (Wildman–Crippen LogP) is 4.04. The third-order valence-electron chi connectivity index (χ3n) is 4.42. The van der Waals surface area contributed by atoms with E-state index in [0.717, 1.165) is 18.4 Å². The molecule has 1 fully saturated rings. The van der Waals surface area contributed by atoms with Gasteiger partial charge in [0.15, 0.2) is 5.11 Å². The van der Waals surface area contributed by atoms with Gasteiger partial charge in [-0.2, -0.15) is 5.10 Å². The van der Waals surface area contributed by atoms with Crippen molar-refractivity contribution in [2.45, 2.75) is 38.1 Å². The summed E-state index contributed by atoms with van der Waals surface area (Å²) in [5.74, 6) is 0.112. The molecule has 0 aliphatic heterocycles. The number of nitrogens with one attached hydrogen (secondary N) is 2. The van der Waals surface area contributed by atoms with E-state index < -0.39 is 0 Å². The molecule has 0 heterocycles. The van der Waals surface area contributed by atoms with Crippen LogP contribution in [0.5, 0.6) is 5.75 Å². The normalized spacial score (nSPS) is 14.7. The van der Waals surface area contributed by atoms with E-state index in [-0.39, 0.29) is 5.97 Å². The molecule has 1 saturated carbocycles. The minimum Gasteiger partial charge on any atom is -0.423 e. The average Bonchev–Trinajstić information content (AvgIpc) is 2.71. The van der Waals surface area contributed by atoms with Crippen molar-refractivity contribution in [2.24, 2.45) is 5.10 Å². The van der Waals surface area contributed by atoms with Crippen LogP contribution in [0, 0.1) is 0 Å². The van der Waals surface area contributed by atoms with Crippen molar-refractivity contribution >= 4 is 29.5 Å². The molecule has 2 aromatic rings. The molecule has 2 N–H and O–H groups in total. The summed E-state index contributed by atoms with van der Waals surface area (Å²) >= 11 is 5.27. The lowest BCUT2D eigenvalue weighted by Gasteiger charge is -2.23. The molecule has 3 rings (SSSR count). The van der Waals surface area contributed by atoms with Crippen molar-refractivity contribution in [1.29, 1.82) is 0 Å². The number of nitrogens with zero attached hydrogens (tertiary/aromatic N) is 1. The number of rotatable bonds is 5. The molecular weight excluding hydrogens is 358 g/mol. The summed E-state index contributed by atoms with van der Waals surface area (Å²) in [6.45, 7) is 0. The number of esters is 1. The van der Waals surface area contributed by atoms with Gasteiger partial charge in [-0.3, -0.25) is 5.43 Å². The standard InChI is InChI=1S/C21H23N3O2S/c25-20(17-7-3-1-4-8-17)26-19-13-11-16(12-14-19)15-22-24-21(27)23-18-9-5-2-6-10-18/h1,3-4,7-8,11-15,18H,2,5-6,9-10H2,(H2,23,24,27)/b22-15-. The first-order valence-corrected chi connectivity index (χ1v) is 9.58. The summed E-state index contributed by atoms with van der Waals surface area (Å²) < 4.78 is 5.35. The fourth-order valence-corrected chi connectivity index (χ4v) is 3.21. The first-order chi connectivity index (χ1) is 13.2. The fourth-order valence-electron chi connectivity index (χ4n) is 2.99. The van der Waals surface area contributed by atoms with Crippen molar-refractivity contribution in [3.63, 3.8) is 0 Å². The van der Waals surface area contributed by atoms with Gasteiger partial charge in [-0.15, -0.1) is 0 Å². The minimum atomic E-state index is -0.377. The molecule has 0 aromatic heterocycles. The SMILES string of the molecule is O=C(Oc1ccc(/C=N\NC(=S)NC2CCCCC2)cc1)c1ccccc1. The Bertz CT molecular complexity index is 785. The number of carbonyl (C=O) groups is 1. The number of benzene rings is 2. The molecule has 5 nitrogen and oxygen atoms in total. The Hall–Kier alpha value is -2.73. The van der Waals surface area contributed by atoms with Gasteiger partial charge in [0.2, 0.25) is 0 Å². The van der Waals surface area contributed by atoms with E-state index in [1.54, 1.807) is 42.6 Å².